The van der Waals surface area contributed by atoms with E-state index < -0.39 is 0 Å². The molecule has 2 aromatic heterocycles. The van der Waals surface area contributed by atoms with Crippen LogP contribution in [-0.2, 0) is 0 Å². The molecule has 3 aromatic rings. The van der Waals surface area contributed by atoms with Crippen LogP contribution in [0.1, 0.15) is 9.75 Å². The number of aryl methyl sites for hydroxylation is 2. The fourth-order valence-electron chi connectivity index (χ4n) is 2.99. The van der Waals surface area contributed by atoms with Gasteiger partial charge in [-0.25, -0.2) is 0 Å². The van der Waals surface area contributed by atoms with Gasteiger partial charge in [0.15, 0.2) is 0 Å². The van der Waals surface area contributed by atoms with Crippen molar-refractivity contribution in [1.82, 2.24) is 0 Å². The van der Waals surface area contributed by atoms with E-state index in [0.717, 1.165) is 30.6 Å². The largest absolute Gasteiger partial charge is 0.406 e. The van der Waals surface area contributed by atoms with Gasteiger partial charge in [0.2, 0.25) is 0 Å². The molecule has 0 amide bonds. The lowest BCUT2D eigenvalue weighted by Crippen LogP contribution is -1.92. The Kier molecular flexibility index (Phi) is 13.1. The summed E-state index contributed by atoms with van der Waals surface area (Å²) in [4.78, 5) is 4.22. The van der Waals surface area contributed by atoms with Crippen LogP contribution in [0.2, 0.25) is 0 Å². The number of rotatable bonds is 4. The molecule has 4 heteroatoms. The zero-order valence-corrected chi connectivity index (χ0v) is 24.9. The Labute approximate surface area is 267 Å². The molecule has 0 saturated carbocycles. The predicted molar refractivity (Wildman–Crippen MR) is 179 cm³/mol. The first-order valence-electron chi connectivity index (χ1n) is 12.2. The van der Waals surface area contributed by atoms with Crippen molar-refractivity contribution in [3.63, 3.8) is 0 Å². The topological polar surface area (TPSA) is 18.5 Å². The number of benzene rings is 1. The van der Waals surface area contributed by atoms with E-state index in [1.54, 1.807) is 22.7 Å². The quantitative estimate of drug-likeness (QED) is 0.362. The number of hydrogen-bond acceptors (Lipinski definition) is 4. The van der Waals surface area contributed by atoms with E-state index in [1.807, 2.05) is 50.2 Å². The van der Waals surface area contributed by atoms with Crippen molar-refractivity contribution < 1.29 is 9.47 Å². The van der Waals surface area contributed by atoms with Crippen molar-refractivity contribution in [1.29, 1.82) is 0 Å². The second-order valence-electron chi connectivity index (χ2n) is 7.61. The van der Waals surface area contributed by atoms with Crippen molar-refractivity contribution in [2.75, 3.05) is 0 Å². The Morgan fingerprint density at radius 2 is 0.773 bits per heavy atom. The average molecular weight is 591 g/mol. The van der Waals surface area contributed by atoms with E-state index in [2.05, 4.69) is 131 Å². The zero-order valence-electron chi connectivity index (χ0n) is 23.3. The molecule has 0 atom stereocenters. The molecule has 0 saturated heterocycles. The van der Waals surface area contributed by atoms with Gasteiger partial charge in [-0.05, 0) is 109 Å². The summed E-state index contributed by atoms with van der Waals surface area (Å²) in [6, 6.07) is 11.8. The van der Waals surface area contributed by atoms with Crippen molar-refractivity contribution >= 4 is 22.7 Å². The van der Waals surface area contributed by atoms with Gasteiger partial charge in [0.05, 0.1) is 0 Å². The first-order chi connectivity index (χ1) is 21.6. The highest BCUT2D eigenvalue weighted by Gasteiger charge is 2.17. The van der Waals surface area contributed by atoms with E-state index in [1.165, 1.54) is 0 Å². The molecular weight excluding hydrogens is 577 g/mol. The molecule has 0 radical (unpaired) electrons. The van der Waals surface area contributed by atoms with Crippen molar-refractivity contribution in [2.24, 2.45) is 0 Å². The number of hydrogen-bond donors (Lipinski definition) is 0. The summed E-state index contributed by atoms with van der Waals surface area (Å²) in [6.07, 6.45) is 15.3. The van der Waals surface area contributed by atoms with Crippen LogP contribution < -0.4 is 9.47 Å². The smallest absolute Gasteiger partial charge is 0.149 e. The first-order valence-corrected chi connectivity index (χ1v) is 13.8. The van der Waals surface area contributed by atoms with Crippen LogP contribution >= 0.6 is 22.7 Å². The highest BCUT2D eigenvalue weighted by Crippen LogP contribution is 2.44. The molecule has 44 heavy (non-hydrogen) atoms. The molecule has 198 valence electrons. The average Bonchev–Trinajstić information content (AvgIpc) is 3.66. The van der Waals surface area contributed by atoms with Gasteiger partial charge in [-0.15, -0.1) is 35.5 Å². The minimum absolute atomic E-state index is 0.537. The summed E-state index contributed by atoms with van der Waals surface area (Å²) in [7, 11) is 0. The summed E-state index contributed by atoms with van der Waals surface area (Å²) in [5.74, 6) is 51.0. The molecule has 0 aliphatic heterocycles. The van der Waals surface area contributed by atoms with E-state index in [-0.39, 0.29) is 0 Å². The van der Waals surface area contributed by atoms with Crippen molar-refractivity contribution in [3.05, 3.63) is 46.2 Å². The van der Waals surface area contributed by atoms with Crippen LogP contribution in [0.25, 0.3) is 20.9 Å². The minimum Gasteiger partial charge on any atom is -0.406 e. The van der Waals surface area contributed by atoms with Crippen molar-refractivity contribution in [2.45, 2.75) is 13.8 Å². The summed E-state index contributed by atoms with van der Waals surface area (Å²) < 4.78 is 11.8. The minimum atomic E-state index is 0.537. The maximum absolute atomic E-state index is 5.88. The van der Waals surface area contributed by atoms with E-state index in [0.29, 0.717) is 11.5 Å². The molecule has 3 rings (SSSR count). The highest BCUT2D eigenvalue weighted by atomic mass is 32.1. The Morgan fingerprint density at radius 1 is 0.455 bits per heavy atom. The van der Waals surface area contributed by atoms with Crippen molar-refractivity contribution in [3.8, 4) is 176 Å². The molecule has 2 heterocycles. The molecule has 0 bridgehead atoms. The normalized spacial score (nSPS) is 7.27. The summed E-state index contributed by atoms with van der Waals surface area (Å²) >= 11 is 3.22. The monoisotopic (exact) mass is 590 g/mol. The molecule has 0 aliphatic rings. The van der Waals surface area contributed by atoms with Gasteiger partial charge in [0.1, 0.15) is 23.7 Å². The fourth-order valence-corrected chi connectivity index (χ4v) is 4.77. The maximum Gasteiger partial charge on any atom is 0.149 e. The first kappa shape index (κ1) is 31.5. The third kappa shape index (κ3) is 10.8. The van der Waals surface area contributed by atoms with E-state index in [9.17, 15) is 0 Å². The second-order valence-corrected chi connectivity index (χ2v) is 10.2. The molecule has 2 nitrogen and oxygen atoms in total. The van der Waals surface area contributed by atoms with E-state index in [4.69, 9.17) is 22.3 Å². The number of ether oxygens (including phenoxy) is 2. The molecule has 0 N–H and O–H groups in total. The maximum atomic E-state index is 5.88. The van der Waals surface area contributed by atoms with Gasteiger partial charge in [0.25, 0.3) is 0 Å². The van der Waals surface area contributed by atoms with Crippen LogP contribution in [0.3, 0.4) is 0 Å². The van der Waals surface area contributed by atoms with Gasteiger partial charge in [-0.3, -0.25) is 0 Å². The molecule has 0 fully saturated rings. The fraction of sp³-hybridized carbons (Fsp3) is 0.0500. The van der Waals surface area contributed by atoms with Crippen LogP contribution in [0.5, 0.6) is 11.5 Å². The SMILES string of the molecule is C#CC#CC#CC#CC#CC#COc1cc(-c2ccc(C)s2)c(OC#CC#CC#CC#CC#CC#C)cc1-c1ccc(C)s1. The van der Waals surface area contributed by atoms with Crippen LogP contribution in [0.4, 0.5) is 0 Å². The summed E-state index contributed by atoms with van der Waals surface area (Å²) in [5.41, 5.74) is 1.57. The molecule has 0 spiro atoms. The Hall–Kier alpha value is -7.06. The second kappa shape index (κ2) is 18.3. The number of thiophene rings is 2. The Bertz CT molecular complexity index is 2160. The molecule has 1 aromatic carbocycles. The third-order valence-electron chi connectivity index (χ3n) is 4.66. The lowest BCUT2D eigenvalue weighted by molar-refractivity contribution is 0.509. The van der Waals surface area contributed by atoms with Gasteiger partial charge in [0, 0.05) is 89.8 Å². The molecule has 0 aliphatic carbocycles. The third-order valence-corrected chi connectivity index (χ3v) is 6.73. The lowest BCUT2D eigenvalue weighted by Gasteiger charge is -2.12. The lowest BCUT2D eigenvalue weighted by atomic mass is 10.1. The van der Waals surface area contributed by atoms with E-state index >= 15 is 0 Å². The molecule has 0 unspecified atom stereocenters. The van der Waals surface area contributed by atoms with Gasteiger partial charge in [-0.1, -0.05) is 0 Å². The zero-order chi connectivity index (χ0) is 31.2. The Morgan fingerprint density at radius 3 is 1.07 bits per heavy atom. The number of terminal acetylenes is 2. The highest BCUT2D eigenvalue weighted by molar-refractivity contribution is 7.15. The standard InChI is InChI=1S/C40H14O2S2/c1-5-7-9-11-13-15-17-19-21-23-29-41-37-31-36(40-28-26-34(4)44-40)38(32-35(37)39-27-25-33(3)43-39)42-30-24-22-20-18-16-14-12-10-8-6-2/h1-2,25-28,31-32H,3-4H3. The molecular formula is C40H14O2S2. The van der Waals surface area contributed by atoms with Crippen LogP contribution in [-0.4, -0.2) is 0 Å². The Balaban J connectivity index is 1.94. The van der Waals surface area contributed by atoms with Gasteiger partial charge >= 0.3 is 0 Å². The summed E-state index contributed by atoms with van der Waals surface area (Å²) in [6.45, 7) is 4.06. The van der Waals surface area contributed by atoms with Crippen LogP contribution in [0.15, 0.2) is 36.4 Å². The summed E-state index contributed by atoms with van der Waals surface area (Å²) in [5, 5.41) is 0. The predicted octanol–water partition coefficient (Wildman–Crippen LogP) is 5.73. The van der Waals surface area contributed by atoms with Crippen LogP contribution in [0, 0.1) is 157 Å². The van der Waals surface area contributed by atoms with Gasteiger partial charge in [-0.2, -0.15) is 0 Å². The van der Waals surface area contributed by atoms with Gasteiger partial charge < -0.3 is 9.47 Å².